The van der Waals surface area contributed by atoms with Crippen molar-refractivity contribution in [2.24, 2.45) is 0 Å². The normalized spacial score (nSPS) is 10.8. The summed E-state index contributed by atoms with van der Waals surface area (Å²) in [6, 6.07) is 1.94. The van der Waals surface area contributed by atoms with Gasteiger partial charge >= 0.3 is 5.97 Å². The number of aromatic nitrogens is 4. The highest BCUT2D eigenvalue weighted by molar-refractivity contribution is 9.10. The van der Waals surface area contributed by atoms with Crippen LogP contribution in [0.2, 0.25) is 0 Å². The summed E-state index contributed by atoms with van der Waals surface area (Å²) in [5.41, 5.74) is 3.08. The summed E-state index contributed by atoms with van der Waals surface area (Å²) in [5, 5.41) is 3.84. The SMILES string of the molecule is CCOC(=O)c1[nH]c2ncnc(Nc3cc(C)c(C)cn3)c2c1Br. The van der Waals surface area contributed by atoms with E-state index >= 15 is 0 Å². The van der Waals surface area contributed by atoms with Crippen LogP contribution in [0, 0.1) is 13.8 Å². The third-order valence-corrected chi connectivity index (χ3v) is 4.42. The quantitative estimate of drug-likeness (QED) is 0.661. The number of nitrogens with one attached hydrogen (secondary N) is 2. The first-order valence-electron chi connectivity index (χ1n) is 7.40. The predicted molar refractivity (Wildman–Crippen MR) is 94.5 cm³/mol. The van der Waals surface area contributed by atoms with Crippen molar-refractivity contribution < 1.29 is 9.53 Å². The molecule has 0 saturated carbocycles. The maximum absolute atomic E-state index is 12.0. The highest BCUT2D eigenvalue weighted by Gasteiger charge is 2.21. The molecule has 0 aliphatic carbocycles. The molecule has 0 radical (unpaired) electrons. The monoisotopic (exact) mass is 389 g/mol. The summed E-state index contributed by atoms with van der Waals surface area (Å²) in [6.45, 7) is 6.07. The minimum atomic E-state index is -0.447. The minimum absolute atomic E-state index is 0.296. The van der Waals surface area contributed by atoms with Crippen molar-refractivity contribution in [2.75, 3.05) is 11.9 Å². The zero-order chi connectivity index (χ0) is 17.3. The molecule has 3 aromatic heterocycles. The molecule has 3 rings (SSSR count). The van der Waals surface area contributed by atoms with Crippen molar-refractivity contribution in [3.8, 4) is 0 Å². The molecule has 0 unspecified atom stereocenters. The molecular weight excluding hydrogens is 374 g/mol. The van der Waals surface area contributed by atoms with Crippen LogP contribution in [0.1, 0.15) is 28.5 Å². The Hall–Kier alpha value is -2.48. The molecule has 124 valence electrons. The van der Waals surface area contributed by atoms with Crippen LogP contribution in [-0.4, -0.2) is 32.5 Å². The van der Waals surface area contributed by atoms with Gasteiger partial charge in [0.2, 0.25) is 0 Å². The summed E-state index contributed by atoms with van der Waals surface area (Å²) in [5.74, 6) is 0.774. The van der Waals surface area contributed by atoms with Crippen LogP contribution in [-0.2, 0) is 4.74 Å². The maximum atomic E-state index is 12.0. The average Bonchev–Trinajstić information content (AvgIpc) is 2.89. The molecule has 8 heteroatoms. The van der Waals surface area contributed by atoms with Gasteiger partial charge in [-0.3, -0.25) is 0 Å². The Morgan fingerprint density at radius 2 is 2.08 bits per heavy atom. The van der Waals surface area contributed by atoms with Gasteiger partial charge in [-0.25, -0.2) is 19.7 Å². The lowest BCUT2D eigenvalue weighted by atomic mass is 10.2. The second-order valence-electron chi connectivity index (χ2n) is 5.26. The second kappa shape index (κ2) is 6.56. The Labute approximate surface area is 147 Å². The van der Waals surface area contributed by atoms with Crippen molar-refractivity contribution in [2.45, 2.75) is 20.8 Å². The Morgan fingerprint density at radius 1 is 1.29 bits per heavy atom. The van der Waals surface area contributed by atoms with Crippen LogP contribution in [0.3, 0.4) is 0 Å². The van der Waals surface area contributed by atoms with E-state index in [9.17, 15) is 4.79 Å². The van der Waals surface area contributed by atoms with E-state index < -0.39 is 5.97 Å². The van der Waals surface area contributed by atoms with Gasteiger partial charge in [-0.1, -0.05) is 0 Å². The molecule has 0 aliphatic heterocycles. The highest BCUT2D eigenvalue weighted by Crippen LogP contribution is 2.33. The zero-order valence-corrected chi connectivity index (χ0v) is 15.1. The summed E-state index contributed by atoms with van der Waals surface area (Å²) < 4.78 is 5.60. The van der Waals surface area contributed by atoms with Gasteiger partial charge < -0.3 is 15.0 Å². The molecule has 0 aromatic carbocycles. The Morgan fingerprint density at radius 3 is 2.79 bits per heavy atom. The molecule has 0 fully saturated rings. The average molecular weight is 390 g/mol. The lowest BCUT2D eigenvalue weighted by Gasteiger charge is -2.08. The number of rotatable bonds is 4. The standard InChI is InChI=1S/C16H16BrN5O2/c1-4-24-16(23)13-12(17)11-14(19-7-20-15(11)22-13)21-10-5-8(2)9(3)6-18-10/h5-7H,4H2,1-3H3,(H2,18,19,20,21,22). The van der Waals surface area contributed by atoms with E-state index in [1.807, 2.05) is 19.9 Å². The molecule has 0 amide bonds. The molecule has 0 saturated heterocycles. The Balaban J connectivity index is 2.05. The fraction of sp³-hybridized carbons (Fsp3) is 0.250. The largest absolute Gasteiger partial charge is 0.461 e. The van der Waals surface area contributed by atoms with Crippen LogP contribution in [0.5, 0.6) is 0 Å². The van der Waals surface area contributed by atoms with Crippen molar-refractivity contribution in [3.05, 3.63) is 39.9 Å². The van der Waals surface area contributed by atoms with Crippen molar-refractivity contribution >= 4 is 44.6 Å². The lowest BCUT2D eigenvalue weighted by Crippen LogP contribution is -2.05. The first-order valence-corrected chi connectivity index (χ1v) is 8.20. The van der Waals surface area contributed by atoms with Gasteiger partial charge in [0.25, 0.3) is 0 Å². The minimum Gasteiger partial charge on any atom is -0.461 e. The topological polar surface area (TPSA) is 92.8 Å². The van der Waals surface area contributed by atoms with Crippen LogP contribution in [0.15, 0.2) is 23.1 Å². The molecule has 0 spiro atoms. The van der Waals surface area contributed by atoms with E-state index in [2.05, 4.69) is 41.2 Å². The van der Waals surface area contributed by atoms with Crippen LogP contribution in [0.25, 0.3) is 11.0 Å². The molecular formula is C16H16BrN5O2. The maximum Gasteiger partial charge on any atom is 0.355 e. The van der Waals surface area contributed by atoms with E-state index in [0.29, 0.717) is 39.4 Å². The number of aryl methyl sites for hydroxylation is 2. The third kappa shape index (κ3) is 2.96. The second-order valence-corrected chi connectivity index (χ2v) is 6.05. The number of carbonyl (C=O) groups excluding carboxylic acids is 1. The molecule has 7 nitrogen and oxygen atoms in total. The Bertz CT molecular complexity index is 922. The van der Waals surface area contributed by atoms with Crippen molar-refractivity contribution in [1.82, 2.24) is 19.9 Å². The van der Waals surface area contributed by atoms with Gasteiger partial charge in [0.1, 0.15) is 29.3 Å². The number of hydrogen-bond acceptors (Lipinski definition) is 6. The van der Waals surface area contributed by atoms with Gasteiger partial charge in [0.05, 0.1) is 16.5 Å². The number of aromatic amines is 1. The summed E-state index contributed by atoms with van der Waals surface area (Å²) in [7, 11) is 0. The van der Waals surface area contributed by atoms with Gasteiger partial charge in [-0.2, -0.15) is 0 Å². The number of carbonyl (C=O) groups is 1. The molecule has 24 heavy (non-hydrogen) atoms. The van der Waals surface area contributed by atoms with E-state index in [-0.39, 0.29) is 0 Å². The molecule has 3 heterocycles. The van der Waals surface area contributed by atoms with E-state index in [1.54, 1.807) is 13.1 Å². The molecule has 0 atom stereocenters. The molecule has 0 bridgehead atoms. The number of H-pyrrole nitrogens is 1. The van der Waals surface area contributed by atoms with Crippen LogP contribution >= 0.6 is 15.9 Å². The summed E-state index contributed by atoms with van der Waals surface area (Å²) in [4.78, 5) is 27.8. The smallest absolute Gasteiger partial charge is 0.355 e. The number of halogens is 1. The van der Waals surface area contributed by atoms with E-state index in [1.165, 1.54) is 6.33 Å². The fourth-order valence-corrected chi connectivity index (χ4v) is 2.88. The van der Waals surface area contributed by atoms with Gasteiger partial charge in [-0.15, -0.1) is 0 Å². The molecule has 0 aliphatic rings. The summed E-state index contributed by atoms with van der Waals surface area (Å²) >= 11 is 3.44. The number of ether oxygens (including phenoxy) is 1. The number of hydrogen-bond donors (Lipinski definition) is 2. The fourth-order valence-electron chi connectivity index (χ4n) is 2.24. The van der Waals surface area contributed by atoms with E-state index in [4.69, 9.17) is 4.74 Å². The van der Waals surface area contributed by atoms with E-state index in [0.717, 1.165) is 11.1 Å². The van der Waals surface area contributed by atoms with Gasteiger partial charge in [0, 0.05) is 6.20 Å². The van der Waals surface area contributed by atoms with Crippen LogP contribution in [0.4, 0.5) is 11.6 Å². The van der Waals surface area contributed by atoms with Gasteiger partial charge in [-0.05, 0) is 53.9 Å². The van der Waals surface area contributed by atoms with Crippen molar-refractivity contribution in [3.63, 3.8) is 0 Å². The lowest BCUT2D eigenvalue weighted by molar-refractivity contribution is 0.0519. The zero-order valence-electron chi connectivity index (χ0n) is 13.5. The first kappa shape index (κ1) is 16.4. The summed E-state index contributed by atoms with van der Waals surface area (Å²) in [6.07, 6.45) is 3.22. The highest BCUT2D eigenvalue weighted by atomic mass is 79.9. The number of anilines is 2. The number of fused-ring (bicyclic) bond motifs is 1. The number of pyridine rings is 1. The van der Waals surface area contributed by atoms with Gasteiger partial charge in [0.15, 0.2) is 0 Å². The number of esters is 1. The Kier molecular flexibility index (Phi) is 4.48. The first-order chi connectivity index (χ1) is 11.5. The van der Waals surface area contributed by atoms with Crippen LogP contribution < -0.4 is 5.32 Å². The number of nitrogens with zero attached hydrogens (tertiary/aromatic N) is 3. The third-order valence-electron chi connectivity index (χ3n) is 3.63. The molecule has 2 N–H and O–H groups in total. The molecule has 3 aromatic rings. The van der Waals surface area contributed by atoms with Crippen molar-refractivity contribution in [1.29, 1.82) is 0 Å². The predicted octanol–water partition coefficient (Wildman–Crippen LogP) is 3.65.